The molecule has 2 heteroatoms. The van der Waals surface area contributed by atoms with E-state index in [2.05, 4.69) is 86.9 Å². The number of nitrogens with zero attached hydrogens (tertiary/aromatic N) is 2. The predicted molar refractivity (Wildman–Crippen MR) is 90.5 cm³/mol. The molecule has 0 bridgehead atoms. The lowest BCUT2D eigenvalue weighted by atomic mass is 9.93. The number of rotatable bonds is 1. The molecule has 0 aromatic carbocycles. The summed E-state index contributed by atoms with van der Waals surface area (Å²) in [4.78, 5) is 4.71. The molecule has 0 amide bonds. The van der Waals surface area contributed by atoms with Crippen molar-refractivity contribution < 1.29 is 0 Å². The molecule has 1 aromatic rings. The van der Waals surface area contributed by atoms with Gasteiger partial charge in [-0.25, -0.2) is 4.98 Å². The van der Waals surface area contributed by atoms with E-state index in [0.717, 1.165) is 22.9 Å². The molecule has 21 heavy (non-hydrogen) atoms. The molecule has 1 unspecified atom stereocenters. The van der Waals surface area contributed by atoms with Gasteiger partial charge in [-0.1, -0.05) is 51.2 Å². The normalized spacial score (nSPS) is 22.7. The Labute approximate surface area is 126 Å². The molecule has 108 valence electrons. The summed E-state index contributed by atoms with van der Waals surface area (Å²) in [5.41, 5.74) is 3.47. The molecular weight excluding hydrogens is 256 g/mol. The maximum atomic E-state index is 4.71. The molecule has 3 rings (SSSR count). The quantitative estimate of drug-likeness (QED) is 0.717. The third kappa shape index (κ3) is 2.71. The lowest BCUT2D eigenvalue weighted by Crippen LogP contribution is -2.02. The molecule has 1 aromatic heterocycles. The van der Waals surface area contributed by atoms with Crippen molar-refractivity contribution >= 4 is 17.8 Å². The van der Waals surface area contributed by atoms with Crippen LogP contribution in [-0.4, -0.2) is 9.55 Å². The van der Waals surface area contributed by atoms with E-state index in [0.29, 0.717) is 5.92 Å². The highest BCUT2D eigenvalue weighted by Crippen LogP contribution is 2.28. The standard InChI is InChI=1S/C19H22N2/c1-14-7-9-17-18(10-8-14)21(15(2)20-17)16-6-5-12-19(3,4)13-11-16/h5-14H,1-4H3. The number of allylic oxidation sites excluding steroid dienone is 8. The number of hydrogen-bond donors (Lipinski definition) is 0. The van der Waals surface area contributed by atoms with Crippen LogP contribution in [0.3, 0.4) is 0 Å². The van der Waals surface area contributed by atoms with Gasteiger partial charge in [-0.15, -0.1) is 0 Å². The Morgan fingerprint density at radius 2 is 1.86 bits per heavy atom. The van der Waals surface area contributed by atoms with Crippen molar-refractivity contribution in [1.82, 2.24) is 9.55 Å². The van der Waals surface area contributed by atoms with E-state index >= 15 is 0 Å². The van der Waals surface area contributed by atoms with Crippen LogP contribution in [-0.2, 0) is 0 Å². The van der Waals surface area contributed by atoms with Crippen LogP contribution < -0.4 is 0 Å². The second-order valence-corrected chi connectivity index (χ2v) is 6.45. The molecule has 1 atom stereocenters. The highest BCUT2D eigenvalue weighted by atomic mass is 15.1. The van der Waals surface area contributed by atoms with Gasteiger partial charge in [0.25, 0.3) is 0 Å². The van der Waals surface area contributed by atoms with E-state index in [9.17, 15) is 0 Å². The van der Waals surface area contributed by atoms with Crippen molar-refractivity contribution in [1.29, 1.82) is 0 Å². The first-order valence-electron chi connectivity index (χ1n) is 7.51. The fourth-order valence-electron chi connectivity index (χ4n) is 2.68. The zero-order chi connectivity index (χ0) is 15.0. The van der Waals surface area contributed by atoms with Crippen molar-refractivity contribution in [2.45, 2.75) is 27.7 Å². The zero-order valence-corrected chi connectivity index (χ0v) is 13.2. The Kier molecular flexibility index (Phi) is 3.32. The van der Waals surface area contributed by atoms with Crippen LogP contribution in [0.25, 0.3) is 17.8 Å². The second kappa shape index (κ2) is 5.03. The summed E-state index contributed by atoms with van der Waals surface area (Å²) >= 11 is 0. The van der Waals surface area contributed by atoms with Crippen molar-refractivity contribution in [2.24, 2.45) is 11.3 Å². The first-order chi connectivity index (χ1) is 9.96. The highest BCUT2D eigenvalue weighted by molar-refractivity contribution is 5.71. The van der Waals surface area contributed by atoms with Crippen LogP contribution in [0.2, 0.25) is 0 Å². The van der Waals surface area contributed by atoms with Crippen molar-refractivity contribution in [3.63, 3.8) is 0 Å². The Balaban J connectivity index is 2.11. The van der Waals surface area contributed by atoms with Gasteiger partial charge in [0.1, 0.15) is 5.82 Å². The van der Waals surface area contributed by atoms with Crippen LogP contribution in [0.1, 0.15) is 38.0 Å². The third-order valence-corrected chi connectivity index (χ3v) is 3.96. The Morgan fingerprint density at radius 3 is 2.67 bits per heavy atom. The van der Waals surface area contributed by atoms with Crippen LogP contribution >= 0.6 is 0 Å². The molecule has 0 radical (unpaired) electrons. The van der Waals surface area contributed by atoms with E-state index < -0.39 is 0 Å². The monoisotopic (exact) mass is 278 g/mol. The fraction of sp³-hybridized carbons (Fsp3) is 0.316. The summed E-state index contributed by atoms with van der Waals surface area (Å²) in [7, 11) is 0. The summed E-state index contributed by atoms with van der Waals surface area (Å²) in [6, 6.07) is 0. The second-order valence-electron chi connectivity index (χ2n) is 6.45. The van der Waals surface area contributed by atoms with Gasteiger partial charge < -0.3 is 0 Å². The summed E-state index contributed by atoms with van der Waals surface area (Å²) in [6.07, 6.45) is 19.7. The zero-order valence-electron chi connectivity index (χ0n) is 13.2. The van der Waals surface area contributed by atoms with E-state index in [1.807, 2.05) is 0 Å². The van der Waals surface area contributed by atoms with E-state index in [4.69, 9.17) is 4.98 Å². The average Bonchev–Trinajstić information content (AvgIpc) is 2.54. The topological polar surface area (TPSA) is 17.8 Å². The predicted octanol–water partition coefficient (Wildman–Crippen LogP) is 4.86. The molecule has 0 saturated heterocycles. The van der Waals surface area contributed by atoms with Gasteiger partial charge in [-0.05, 0) is 37.1 Å². The molecule has 0 N–H and O–H groups in total. The maximum absolute atomic E-state index is 4.71. The Hall–Kier alpha value is -2.09. The largest absolute Gasteiger partial charge is 0.297 e. The molecule has 2 aliphatic carbocycles. The van der Waals surface area contributed by atoms with Gasteiger partial charge in [0, 0.05) is 11.1 Å². The minimum absolute atomic E-state index is 0.0912. The van der Waals surface area contributed by atoms with Crippen LogP contribution in [0.4, 0.5) is 0 Å². The molecule has 2 nitrogen and oxygen atoms in total. The van der Waals surface area contributed by atoms with Crippen molar-refractivity contribution in [3.8, 4) is 0 Å². The Morgan fingerprint density at radius 1 is 1.10 bits per heavy atom. The average molecular weight is 278 g/mol. The first kappa shape index (κ1) is 13.9. The number of imidazole rings is 1. The third-order valence-electron chi connectivity index (χ3n) is 3.96. The van der Waals surface area contributed by atoms with E-state index in [1.54, 1.807) is 0 Å². The van der Waals surface area contributed by atoms with Gasteiger partial charge in [-0.3, -0.25) is 4.57 Å². The van der Waals surface area contributed by atoms with Crippen LogP contribution in [0, 0.1) is 18.3 Å². The maximum Gasteiger partial charge on any atom is 0.111 e. The van der Waals surface area contributed by atoms with Crippen LogP contribution in [0.5, 0.6) is 0 Å². The van der Waals surface area contributed by atoms with Gasteiger partial charge in [0.2, 0.25) is 0 Å². The molecule has 1 heterocycles. The minimum Gasteiger partial charge on any atom is -0.297 e. The highest BCUT2D eigenvalue weighted by Gasteiger charge is 2.17. The van der Waals surface area contributed by atoms with Gasteiger partial charge in [0.15, 0.2) is 0 Å². The smallest absolute Gasteiger partial charge is 0.111 e. The Bertz CT molecular complexity index is 706. The summed E-state index contributed by atoms with van der Waals surface area (Å²) < 4.78 is 2.23. The number of aromatic nitrogens is 2. The molecule has 2 aliphatic rings. The molecular formula is C19H22N2. The SMILES string of the molecule is Cc1nc2c(n1C1=CC=CC(C)(C)C=C1)C=CC(C)C=C2. The summed E-state index contributed by atoms with van der Waals surface area (Å²) in [6.45, 7) is 8.67. The van der Waals surface area contributed by atoms with Crippen LogP contribution in [0.15, 0.2) is 42.5 Å². The molecule has 0 aliphatic heterocycles. The molecule has 0 fully saturated rings. The minimum atomic E-state index is 0.0912. The van der Waals surface area contributed by atoms with Crippen molar-refractivity contribution in [2.75, 3.05) is 0 Å². The van der Waals surface area contributed by atoms with Gasteiger partial charge >= 0.3 is 0 Å². The van der Waals surface area contributed by atoms with Gasteiger partial charge in [0.05, 0.1) is 11.4 Å². The molecule has 0 spiro atoms. The summed E-state index contributed by atoms with van der Waals surface area (Å²) in [5.74, 6) is 1.47. The van der Waals surface area contributed by atoms with E-state index in [-0.39, 0.29) is 5.41 Å². The van der Waals surface area contributed by atoms with Crippen molar-refractivity contribution in [3.05, 3.63) is 59.7 Å². The lowest BCUT2D eigenvalue weighted by Gasteiger charge is -2.13. The summed E-state index contributed by atoms with van der Waals surface area (Å²) in [5, 5.41) is 0. The number of hydrogen-bond acceptors (Lipinski definition) is 1. The van der Waals surface area contributed by atoms with Gasteiger partial charge in [-0.2, -0.15) is 0 Å². The number of fused-ring (bicyclic) bond motifs is 1. The fourth-order valence-corrected chi connectivity index (χ4v) is 2.68. The van der Waals surface area contributed by atoms with E-state index in [1.165, 1.54) is 0 Å². The first-order valence-corrected chi connectivity index (χ1v) is 7.51. The number of aryl methyl sites for hydroxylation is 1. The molecule has 0 saturated carbocycles. The lowest BCUT2D eigenvalue weighted by molar-refractivity contribution is 0.627.